The molecular formula is C13H5Cl5N2O4. The molecule has 0 radical (unpaired) electrons. The van der Waals surface area contributed by atoms with E-state index >= 15 is 0 Å². The van der Waals surface area contributed by atoms with E-state index in [-0.39, 0.29) is 42.1 Å². The Morgan fingerprint density at radius 3 is 2.04 bits per heavy atom. The molecule has 2 aromatic rings. The van der Waals surface area contributed by atoms with Gasteiger partial charge in [0.05, 0.1) is 36.3 Å². The number of phenolic OH excluding ortho intramolecular Hbond substituents is 1. The average Bonchev–Trinajstić information content (AvgIpc) is 2.51. The molecule has 6 nitrogen and oxygen atoms in total. The molecule has 0 aliphatic carbocycles. The standard InChI is InChI=1S/C13H5Cl5N2O4/c14-6-3-5(12(21)10(18)9(6)17)13(22)19-11-7(15)1-4(20(23)24)2-8(11)16/h1-3,21H,(H,19,22). The van der Waals surface area contributed by atoms with Crippen molar-refractivity contribution < 1.29 is 14.8 Å². The van der Waals surface area contributed by atoms with Crippen molar-refractivity contribution in [1.29, 1.82) is 0 Å². The lowest BCUT2D eigenvalue weighted by atomic mass is 10.1. The first-order valence-electron chi connectivity index (χ1n) is 5.94. The molecule has 2 aromatic carbocycles. The van der Waals surface area contributed by atoms with Gasteiger partial charge in [0.1, 0.15) is 10.8 Å². The Hall–Kier alpha value is -1.44. The molecular weight excluding hydrogens is 425 g/mol. The lowest BCUT2D eigenvalue weighted by Gasteiger charge is -2.12. The molecule has 0 atom stereocenters. The maximum absolute atomic E-state index is 12.3. The van der Waals surface area contributed by atoms with Gasteiger partial charge in [0, 0.05) is 12.1 Å². The van der Waals surface area contributed by atoms with E-state index in [4.69, 9.17) is 58.0 Å². The van der Waals surface area contributed by atoms with Crippen LogP contribution in [-0.2, 0) is 0 Å². The Morgan fingerprint density at radius 1 is 1.00 bits per heavy atom. The Balaban J connectivity index is 2.43. The first kappa shape index (κ1) is 18.9. The summed E-state index contributed by atoms with van der Waals surface area (Å²) in [5.41, 5.74) is -0.696. The number of amides is 1. The van der Waals surface area contributed by atoms with Crippen molar-refractivity contribution in [3.63, 3.8) is 0 Å². The second-order valence-electron chi connectivity index (χ2n) is 4.38. The molecule has 0 saturated heterocycles. The summed E-state index contributed by atoms with van der Waals surface area (Å²) in [4.78, 5) is 22.3. The first-order chi connectivity index (χ1) is 11.1. The number of nitro benzene ring substituents is 1. The summed E-state index contributed by atoms with van der Waals surface area (Å²) >= 11 is 29.2. The summed E-state index contributed by atoms with van der Waals surface area (Å²) in [6.45, 7) is 0. The van der Waals surface area contributed by atoms with E-state index in [9.17, 15) is 20.0 Å². The maximum atomic E-state index is 12.3. The zero-order valence-corrected chi connectivity index (χ0v) is 15.0. The van der Waals surface area contributed by atoms with E-state index in [0.29, 0.717) is 0 Å². The van der Waals surface area contributed by atoms with Crippen LogP contribution in [-0.4, -0.2) is 15.9 Å². The number of nitrogens with one attached hydrogen (secondary N) is 1. The number of phenols is 1. The van der Waals surface area contributed by atoms with E-state index in [0.717, 1.165) is 18.2 Å². The van der Waals surface area contributed by atoms with Gasteiger partial charge in [0.2, 0.25) is 0 Å². The van der Waals surface area contributed by atoms with Crippen LogP contribution in [0, 0.1) is 10.1 Å². The highest BCUT2D eigenvalue weighted by Crippen LogP contribution is 2.40. The molecule has 0 spiro atoms. The zero-order chi connectivity index (χ0) is 18.2. The third-order valence-electron chi connectivity index (χ3n) is 2.86. The molecule has 2 N–H and O–H groups in total. The fourth-order valence-corrected chi connectivity index (χ4v) is 2.89. The lowest BCUT2D eigenvalue weighted by molar-refractivity contribution is -0.384. The van der Waals surface area contributed by atoms with Crippen molar-refractivity contribution >= 4 is 75.3 Å². The van der Waals surface area contributed by atoms with E-state index < -0.39 is 16.6 Å². The summed E-state index contributed by atoms with van der Waals surface area (Å²) in [6.07, 6.45) is 0. The maximum Gasteiger partial charge on any atom is 0.272 e. The van der Waals surface area contributed by atoms with Crippen molar-refractivity contribution in [3.8, 4) is 5.75 Å². The highest BCUT2D eigenvalue weighted by molar-refractivity contribution is 6.49. The van der Waals surface area contributed by atoms with Gasteiger partial charge in [-0.2, -0.15) is 0 Å². The number of aromatic hydroxyl groups is 1. The third kappa shape index (κ3) is 3.63. The number of carbonyl (C=O) groups excluding carboxylic acids is 1. The predicted octanol–water partition coefficient (Wildman–Crippen LogP) is 5.82. The van der Waals surface area contributed by atoms with Crippen LogP contribution in [0.5, 0.6) is 5.75 Å². The van der Waals surface area contributed by atoms with Gasteiger partial charge < -0.3 is 10.4 Å². The largest absolute Gasteiger partial charge is 0.505 e. The monoisotopic (exact) mass is 428 g/mol. The Labute approximate surface area is 160 Å². The number of nitro groups is 1. The van der Waals surface area contributed by atoms with Crippen molar-refractivity contribution in [3.05, 3.63) is 59.0 Å². The number of anilines is 1. The minimum atomic E-state index is -0.842. The Kier molecular flexibility index (Phi) is 5.67. The Morgan fingerprint density at radius 2 is 1.54 bits per heavy atom. The highest BCUT2D eigenvalue weighted by Gasteiger charge is 2.22. The zero-order valence-electron chi connectivity index (χ0n) is 11.2. The smallest absolute Gasteiger partial charge is 0.272 e. The van der Waals surface area contributed by atoms with Crippen molar-refractivity contribution in [2.45, 2.75) is 0 Å². The van der Waals surface area contributed by atoms with E-state index in [1.54, 1.807) is 0 Å². The van der Waals surface area contributed by atoms with E-state index in [2.05, 4.69) is 5.32 Å². The first-order valence-corrected chi connectivity index (χ1v) is 7.83. The molecule has 0 aromatic heterocycles. The summed E-state index contributed by atoms with van der Waals surface area (Å²) in [5.74, 6) is -1.43. The van der Waals surface area contributed by atoms with Crippen LogP contribution in [0.3, 0.4) is 0 Å². The van der Waals surface area contributed by atoms with Gasteiger partial charge in [0.25, 0.3) is 11.6 Å². The molecule has 0 aliphatic heterocycles. The van der Waals surface area contributed by atoms with Gasteiger partial charge in [0.15, 0.2) is 0 Å². The number of halogens is 5. The predicted molar refractivity (Wildman–Crippen MR) is 94.2 cm³/mol. The molecule has 0 fully saturated rings. The summed E-state index contributed by atoms with van der Waals surface area (Å²) in [7, 11) is 0. The van der Waals surface area contributed by atoms with Gasteiger partial charge in [-0.3, -0.25) is 14.9 Å². The quantitative estimate of drug-likeness (QED) is 0.365. The molecule has 0 aliphatic rings. The molecule has 1 amide bonds. The van der Waals surface area contributed by atoms with Crippen LogP contribution >= 0.6 is 58.0 Å². The summed E-state index contributed by atoms with van der Waals surface area (Å²) in [6, 6.07) is 3.14. The van der Waals surface area contributed by atoms with E-state index in [1.807, 2.05) is 0 Å². The second-order valence-corrected chi connectivity index (χ2v) is 6.36. The second kappa shape index (κ2) is 7.21. The third-order valence-corrected chi connectivity index (χ3v) is 4.71. The van der Waals surface area contributed by atoms with Crippen molar-refractivity contribution in [2.75, 3.05) is 5.32 Å². The van der Waals surface area contributed by atoms with Gasteiger partial charge in [-0.25, -0.2) is 0 Å². The van der Waals surface area contributed by atoms with Crippen LogP contribution in [0.1, 0.15) is 10.4 Å². The highest BCUT2D eigenvalue weighted by atomic mass is 35.5. The fourth-order valence-electron chi connectivity index (χ4n) is 1.72. The SMILES string of the molecule is O=C(Nc1c(Cl)cc([N+](=O)[O-])cc1Cl)c1cc(Cl)c(Cl)c(Cl)c1O. The molecule has 0 heterocycles. The molecule has 0 unspecified atom stereocenters. The number of hydrogen-bond donors (Lipinski definition) is 2. The average molecular weight is 430 g/mol. The van der Waals surface area contributed by atoms with Gasteiger partial charge in [-0.05, 0) is 6.07 Å². The lowest BCUT2D eigenvalue weighted by Crippen LogP contribution is -2.13. The summed E-state index contributed by atoms with van der Waals surface area (Å²) in [5, 5.41) is 22.2. The number of hydrogen-bond acceptors (Lipinski definition) is 4. The van der Waals surface area contributed by atoms with Crippen molar-refractivity contribution in [2.24, 2.45) is 0 Å². The van der Waals surface area contributed by atoms with Crippen molar-refractivity contribution in [1.82, 2.24) is 0 Å². The molecule has 24 heavy (non-hydrogen) atoms. The van der Waals surface area contributed by atoms with E-state index in [1.165, 1.54) is 0 Å². The minimum absolute atomic E-state index is 0.0505. The number of non-ortho nitro benzene ring substituents is 1. The minimum Gasteiger partial charge on any atom is -0.505 e. The van der Waals surface area contributed by atoms with Gasteiger partial charge in [-0.15, -0.1) is 0 Å². The van der Waals surface area contributed by atoms with Crippen LogP contribution in [0.4, 0.5) is 11.4 Å². The van der Waals surface area contributed by atoms with Crippen LogP contribution in [0.25, 0.3) is 0 Å². The topological polar surface area (TPSA) is 92.5 Å². The van der Waals surface area contributed by atoms with Gasteiger partial charge >= 0.3 is 0 Å². The molecule has 0 saturated carbocycles. The van der Waals surface area contributed by atoms with Gasteiger partial charge in [-0.1, -0.05) is 58.0 Å². The number of nitrogens with zero attached hydrogens (tertiary/aromatic N) is 1. The van der Waals surface area contributed by atoms with Crippen LogP contribution in [0.2, 0.25) is 25.1 Å². The Bertz CT molecular complexity index is 849. The molecule has 11 heteroatoms. The number of rotatable bonds is 3. The number of benzene rings is 2. The molecule has 126 valence electrons. The fraction of sp³-hybridized carbons (Fsp3) is 0. The number of carbonyl (C=O) groups is 1. The molecule has 2 rings (SSSR count). The van der Waals surface area contributed by atoms with Crippen LogP contribution in [0.15, 0.2) is 18.2 Å². The van der Waals surface area contributed by atoms with Crippen LogP contribution < -0.4 is 5.32 Å². The molecule has 0 bridgehead atoms. The summed E-state index contributed by atoms with van der Waals surface area (Å²) < 4.78 is 0. The normalized spacial score (nSPS) is 10.5.